The van der Waals surface area contributed by atoms with Gasteiger partial charge in [0.25, 0.3) is 0 Å². The molecule has 0 saturated carbocycles. The van der Waals surface area contributed by atoms with Crippen molar-refractivity contribution in [1.29, 1.82) is 0 Å². The molecule has 0 radical (unpaired) electrons. The zero-order chi connectivity index (χ0) is 14.8. The van der Waals surface area contributed by atoms with E-state index in [1.165, 1.54) is 11.3 Å². The Balaban J connectivity index is 1.86. The highest BCUT2D eigenvalue weighted by Crippen LogP contribution is 2.33. The van der Waals surface area contributed by atoms with E-state index in [1.807, 2.05) is 41.8 Å². The van der Waals surface area contributed by atoms with Gasteiger partial charge in [-0.1, -0.05) is 24.3 Å². The van der Waals surface area contributed by atoms with Crippen molar-refractivity contribution in [2.24, 2.45) is 0 Å². The van der Waals surface area contributed by atoms with Gasteiger partial charge in [0.1, 0.15) is 6.04 Å². The molecule has 108 valence electrons. The van der Waals surface area contributed by atoms with Gasteiger partial charge in [-0.15, -0.1) is 11.3 Å². The summed E-state index contributed by atoms with van der Waals surface area (Å²) in [4.78, 5) is 24.1. The van der Waals surface area contributed by atoms with Gasteiger partial charge < -0.3 is 10.4 Å². The highest BCUT2D eigenvalue weighted by molar-refractivity contribution is 7.10. The lowest BCUT2D eigenvalue weighted by Crippen LogP contribution is -2.32. The lowest BCUT2D eigenvalue weighted by atomic mass is 10.1. The molecule has 5 nitrogen and oxygen atoms in total. The second-order valence-electron chi connectivity index (χ2n) is 4.84. The fourth-order valence-electron chi connectivity index (χ4n) is 2.48. The van der Waals surface area contributed by atoms with Crippen molar-refractivity contribution < 1.29 is 14.7 Å². The Labute approximate surface area is 125 Å². The third-order valence-corrected chi connectivity index (χ3v) is 4.41. The number of hydrogen-bond donors (Lipinski definition) is 3. The van der Waals surface area contributed by atoms with Crippen LogP contribution in [-0.4, -0.2) is 17.0 Å². The van der Waals surface area contributed by atoms with E-state index in [4.69, 9.17) is 5.11 Å². The molecule has 1 amide bonds. The van der Waals surface area contributed by atoms with Crippen molar-refractivity contribution in [3.05, 3.63) is 52.2 Å². The number of anilines is 1. The molecule has 1 aliphatic heterocycles. The topological polar surface area (TPSA) is 78.4 Å². The van der Waals surface area contributed by atoms with Gasteiger partial charge in [-0.2, -0.15) is 0 Å². The molecule has 2 unspecified atom stereocenters. The molecule has 2 atom stereocenters. The third-order valence-electron chi connectivity index (χ3n) is 3.43. The molecular formula is C15H14N2O3S. The first-order chi connectivity index (χ1) is 10.1. The van der Waals surface area contributed by atoms with Crippen LogP contribution >= 0.6 is 11.3 Å². The first-order valence-electron chi connectivity index (χ1n) is 6.56. The van der Waals surface area contributed by atoms with Crippen molar-refractivity contribution >= 4 is 28.9 Å². The predicted octanol–water partition coefficient (Wildman–Crippen LogP) is 2.55. The van der Waals surface area contributed by atoms with E-state index in [9.17, 15) is 9.59 Å². The molecule has 2 heterocycles. The monoisotopic (exact) mass is 302 g/mol. The lowest BCUT2D eigenvalue weighted by Gasteiger charge is -2.19. The van der Waals surface area contributed by atoms with Gasteiger partial charge >= 0.3 is 5.97 Å². The molecule has 3 N–H and O–H groups in total. The summed E-state index contributed by atoms with van der Waals surface area (Å²) in [5.41, 5.74) is 1.63. The molecular weight excluding hydrogens is 288 g/mol. The van der Waals surface area contributed by atoms with Crippen LogP contribution in [0.5, 0.6) is 0 Å². The quantitative estimate of drug-likeness (QED) is 0.793. The molecule has 21 heavy (non-hydrogen) atoms. The van der Waals surface area contributed by atoms with Gasteiger partial charge in [0.2, 0.25) is 5.91 Å². The average Bonchev–Trinajstić information content (AvgIpc) is 3.06. The molecule has 0 fully saturated rings. The van der Waals surface area contributed by atoms with Crippen LogP contribution in [0.1, 0.15) is 28.9 Å². The Morgan fingerprint density at radius 2 is 2.14 bits per heavy atom. The molecule has 3 rings (SSSR count). The number of rotatable bonds is 5. The molecule has 0 spiro atoms. The number of hydrogen-bond acceptors (Lipinski definition) is 4. The van der Waals surface area contributed by atoms with Crippen LogP contribution in [0.25, 0.3) is 0 Å². The normalized spacial score (nSPS) is 18.1. The molecule has 1 aliphatic rings. The van der Waals surface area contributed by atoms with E-state index in [0.29, 0.717) is 0 Å². The number of amides is 1. The van der Waals surface area contributed by atoms with Crippen molar-refractivity contribution in [3.8, 4) is 0 Å². The molecule has 2 aromatic rings. The minimum absolute atomic E-state index is 0.0630. The summed E-state index contributed by atoms with van der Waals surface area (Å²) in [7, 11) is 0. The van der Waals surface area contributed by atoms with Crippen LogP contribution < -0.4 is 10.6 Å². The van der Waals surface area contributed by atoms with Crippen LogP contribution in [0.2, 0.25) is 0 Å². The Morgan fingerprint density at radius 1 is 1.33 bits per heavy atom. The minimum atomic E-state index is -0.896. The van der Waals surface area contributed by atoms with E-state index < -0.39 is 12.0 Å². The minimum Gasteiger partial charge on any atom is -0.481 e. The van der Waals surface area contributed by atoms with Gasteiger partial charge in [-0.05, 0) is 17.5 Å². The summed E-state index contributed by atoms with van der Waals surface area (Å²) in [6, 6.07) is 10.3. The maximum atomic E-state index is 12.1. The van der Waals surface area contributed by atoms with Crippen molar-refractivity contribution in [2.45, 2.75) is 18.5 Å². The zero-order valence-corrected chi connectivity index (χ0v) is 11.9. The SMILES string of the molecule is O=C(O)CC(NC1C(=O)Nc2ccccc21)c1cccs1. The lowest BCUT2D eigenvalue weighted by molar-refractivity contribution is -0.137. The van der Waals surface area contributed by atoms with Gasteiger partial charge in [0.05, 0.1) is 12.5 Å². The number of aliphatic carboxylic acids is 1. The molecule has 6 heteroatoms. The van der Waals surface area contributed by atoms with E-state index in [0.717, 1.165) is 16.1 Å². The van der Waals surface area contributed by atoms with Crippen molar-refractivity contribution in [1.82, 2.24) is 5.32 Å². The maximum absolute atomic E-state index is 12.1. The average molecular weight is 302 g/mol. The van der Waals surface area contributed by atoms with E-state index in [2.05, 4.69) is 10.6 Å². The van der Waals surface area contributed by atoms with Gasteiger partial charge in [0.15, 0.2) is 0 Å². The largest absolute Gasteiger partial charge is 0.481 e. The fraction of sp³-hybridized carbons (Fsp3) is 0.200. The summed E-state index contributed by atoms with van der Waals surface area (Å²) in [5.74, 6) is -1.05. The number of fused-ring (bicyclic) bond motifs is 1. The number of para-hydroxylation sites is 1. The standard InChI is InChI=1S/C15H14N2O3S/c18-13(19)8-11(12-6-3-7-21-12)16-14-9-4-1-2-5-10(9)17-15(14)20/h1-7,11,14,16H,8H2,(H,17,20)(H,18,19). The Bertz CT molecular complexity index is 669. The van der Waals surface area contributed by atoms with Crippen molar-refractivity contribution in [2.75, 3.05) is 5.32 Å². The van der Waals surface area contributed by atoms with E-state index in [-0.39, 0.29) is 18.4 Å². The van der Waals surface area contributed by atoms with Crippen LogP contribution in [0.3, 0.4) is 0 Å². The van der Waals surface area contributed by atoms with Gasteiger partial charge in [-0.25, -0.2) is 0 Å². The Kier molecular flexibility index (Phi) is 3.72. The Morgan fingerprint density at radius 3 is 2.86 bits per heavy atom. The second kappa shape index (κ2) is 5.67. The number of benzene rings is 1. The van der Waals surface area contributed by atoms with Gasteiger partial charge in [-0.3, -0.25) is 14.9 Å². The van der Waals surface area contributed by atoms with Gasteiger partial charge in [0, 0.05) is 16.1 Å². The maximum Gasteiger partial charge on any atom is 0.305 e. The van der Waals surface area contributed by atoms with E-state index >= 15 is 0 Å². The second-order valence-corrected chi connectivity index (χ2v) is 5.82. The first-order valence-corrected chi connectivity index (χ1v) is 7.44. The Hall–Kier alpha value is -2.18. The van der Waals surface area contributed by atoms with Crippen LogP contribution in [0.4, 0.5) is 5.69 Å². The summed E-state index contributed by atoms with van der Waals surface area (Å²) in [6.45, 7) is 0. The number of carboxylic acid groups (broad SMARTS) is 1. The summed E-state index contributed by atoms with van der Waals surface area (Å²) in [6.07, 6.45) is -0.0630. The number of nitrogens with one attached hydrogen (secondary N) is 2. The summed E-state index contributed by atoms with van der Waals surface area (Å²) in [5, 5.41) is 17.0. The van der Waals surface area contributed by atoms with Crippen LogP contribution in [-0.2, 0) is 9.59 Å². The summed E-state index contributed by atoms with van der Waals surface area (Å²) >= 11 is 1.48. The highest BCUT2D eigenvalue weighted by atomic mass is 32.1. The third kappa shape index (κ3) is 2.81. The van der Waals surface area contributed by atoms with Crippen LogP contribution in [0, 0.1) is 0 Å². The number of carbonyl (C=O) groups is 2. The smallest absolute Gasteiger partial charge is 0.305 e. The summed E-state index contributed by atoms with van der Waals surface area (Å²) < 4.78 is 0. The zero-order valence-electron chi connectivity index (χ0n) is 11.1. The predicted molar refractivity (Wildman–Crippen MR) is 80.3 cm³/mol. The number of carboxylic acids is 1. The van der Waals surface area contributed by atoms with Crippen molar-refractivity contribution in [3.63, 3.8) is 0 Å². The molecule has 1 aromatic carbocycles. The molecule has 1 aromatic heterocycles. The number of thiophene rings is 1. The fourth-order valence-corrected chi connectivity index (χ4v) is 3.27. The highest BCUT2D eigenvalue weighted by Gasteiger charge is 2.32. The number of carbonyl (C=O) groups excluding carboxylic acids is 1. The first kappa shape index (κ1) is 13.8. The molecule has 0 bridgehead atoms. The van der Waals surface area contributed by atoms with Crippen LogP contribution in [0.15, 0.2) is 41.8 Å². The molecule has 0 saturated heterocycles. The van der Waals surface area contributed by atoms with E-state index in [1.54, 1.807) is 0 Å². The molecule has 0 aliphatic carbocycles.